The van der Waals surface area contributed by atoms with E-state index >= 15 is 0 Å². The zero-order valence-corrected chi connectivity index (χ0v) is 14.0. The van der Waals surface area contributed by atoms with E-state index in [0.717, 1.165) is 38.4 Å². The maximum Gasteiger partial charge on any atom is 0.271 e. The highest BCUT2D eigenvalue weighted by atomic mass is 16.5. The summed E-state index contributed by atoms with van der Waals surface area (Å²) < 4.78 is 5.30. The number of nitrogens with one attached hydrogen (secondary N) is 2. The second-order valence-corrected chi connectivity index (χ2v) is 5.72. The van der Waals surface area contributed by atoms with Gasteiger partial charge < -0.3 is 15.4 Å². The Morgan fingerprint density at radius 2 is 1.92 bits per heavy atom. The molecule has 1 aliphatic rings. The van der Waals surface area contributed by atoms with Crippen LogP contribution in [-0.4, -0.2) is 65.4 Å². The largest absolute Gasteiger partial charge is 0.379 e. The molecule has 1 amide bonds. The molecule has 0 aromatic carbocycles. The normalized spacial score (nSPS) is 14.9. The smallest absolute Gasteiger partial charge is 0.271 e. The molecular weight excluding hydrogens is 320 g/mol. The lowest BCUT2D eigenvalue weighted by Crippen LogP contribution is -2.41. The summed E-state index contributed by atoms with van der Waals surface area (Å²) in [6.07, 6.45) is 3.49. The molecule has 1 aliphatic heterocycles. The van der Waals surface area contributed by atoms with Gasteiger partial charge in [-0.1, -0.05) is 0 Å². The number of carbonyl (C=O) groups is 1. The minimum Gasteiger partial charge on any atom is -0.379 e. The predicted octanol–water partition coefficient (Wildman–Crippen LogP) is 0.546. The van der Waals surface area contributed by atoms with Crippen LogP contribution in [0.5, 0.6) is 0 Å². The van der Waals surface area contributed by atoms with Gasteiger partial charge in [0.25, 0.3) is 5.91 Å². The number of rotatable bonds is 7. The van der Waals surface area contributed by atoms with Gasteiger partial charge in [0.1, 0.15) is 5.82 Å². The van der Waals surface area contributed by atoms with Crippen molar-refractivity contribution < 1.29 is 9.53 Å². The molecule has 8 nitrogen and oxygen atoms in total. The molecule has 25 heavy (non-hydrogen) atoms. The van der Waals surface area contributed by atoms with Gasteiger partial charge in [0.15, 0.2) is 5.69 Å². The van der Waals surface area contributed by atoms with E-state index in [4.69, 9.17) is 4.74 Å². The predicted molar refractivity (Wildman–Crippen MR) is 93.2 cm³/mol. The third-order valence-electron chi connectivity index (χ3n) is 3.94. The second-order valence-electron chi connectivity index (χ2n) is 5.72. The van der Waals surface area contributed by atoms with Crippen LogP contribution in [0.1, 0.15) is 16.1 Å². The molecular formula is C17H22N6O2. The molecule has 2 N–H and O–H groups in total. The summed E-state index contributed by atoms with van der Waals surface area (Å²) >= 11 is 0. The summed E-state index contributed by atoms with van der Waals surface area (Å²) in [5, 5.41) is 14.1. The minimum absolute atomic E-state index is 0.207. The van der Waals surface area contributed by atoms with Gasteiger partial charge in [-0.25, -0.2) is 0 Å². The fourth-order valence-electron chi connectivity index (χ4n) is 2.48. The molecule has 2 aromatic rings. The number of pyridine rings is 1. The number of carbonyl (C=O) groups excluding carboxylic acids is 1. The number of ether oxygens (including phenoxy) is 1. The van der Waals surface area contributed by atoms with E-state index in [1.54, 1.807) is 24.5 Å². The van der Waals surface area contributed by atoms with E-state index in [1.807, 2.05) is 12.1 Å². The van der Waals surface area contributed by atoms with Crippen LogP contribution >= 0.6 is 0 Å². The minimum atomic E-state index is -0.207. The summed E-state index contributed by atoms with van der Waals surface area (Å²) in [5.74, 6) is 0.420. The lowest BCUT2D eigenvalue weighted by molar-refractivity contribution is 0.0383. The summed E-state index contributed by atoms with van der Waals surface area (Å²) in [4.78, 5) is 18.3. The van der Waals surface area contributed by atoms with Crippen LogP contribution < -0.4 is 10.6 Å². The first-order valence-electron chi connectivity index (χ1n) is 8.36. The lowest BCUT2D eigenvalue weighted by atomic mass is 10.3. The van der Waals surface area contributed by atoms with Crippen molar-refractivity contribution in [2.24, 2.45) is 0 Å². The zero-order valence-electron chi connectivity index (χ0n) is 14.0. The lowest BCUT2D eigenvalue weighted by Gasteiger charge is -2.26. The monoisotopic (exact) mass is 342 g/mol. The number of amides is 1. The number of aromatic nitrogens is 3. The number of hydrogen-bond acceptors (Lipinski definition) is 7. The van der Waals surface area contributed by atoms with Gasteiger partial charge >= 0.3 is 0 Å². The van der Waals surface area contributed by atoms with Crippen molar-refractivity contribution in [3.8, 4) is 0 Å². The Labute approximate surface area is 146 Å². The summed E-state index contributed by atoms with van der Waals surface area (Å²) in [6, 6.07) is 7.28. The van der Waals surface area contributed by atoms with E-state index < -0.39 is 0 Å². The molecule has 2 aromatic heterocycles. The topological polar surface area (TPSA) is 92.3 Å². The standard InChI is InChI=1S/C17H22N6O2/c24-17(19-7-8-23-9-11-25-12-10-23)15-1-2-16(22-21-15)20-13-14-3-5-18-6-4-14/h1-6H,7-13H2,(H,19,24)(H,20,22). The van der Waals surface area contributed by atoms with E-state index in [2.05, 4.69) is 30.7 Å². The van der Waals surface area contributed by atoms with Gasteiger partial charge in [-0.05, 0) is 29.8 Å². The molecule has 1 saturated heterocycles. The molecule has 0 spiro atoms. The second kappa shape index (κ2) is 9.05. The highest BCUT2D eigenvalue weighted by Gasteiger charge is 2.11. The SMILES string of the molecule is O=C(NCCN1CCOCC1)c1ccc(NCc2ccncc2)nn1. The van der Waals surface area contributed by atoms with E-state index in [0.29, 0.717) is 24.6 Å². The van der Waals surface area contributed by atoms with Crippen molar-refractivity contribution in [2.45, 2.75) is 6.54 Å². The van der Waals surface area contributed by atoms with Crippen LogP contribution in [0, 0.1) is 0 Å². The fourth-order valence-corrected chi connectivity index (χ4v) is 2.48. The summed E-state index contributed by atoms with van der Waals surface area (Å²) in [6.45, 7) is 5.36. The van der Waals surface area contributed by atoms with Gasteiger partial charge in [0.2, 0.25) is 0 Å². The average Bonchev–Trinajstić information content (AvgIpc) is 2.68. The fraction of sp³-hybridized carbons (Fsp3) is 0.412. The Morgan fingerprint density at radius 1 is 1.12 bits per heavy atom. The Kier molecular flexibility index (Phi) is 6.24. The van der Waals surface area contributed by atoms with E-state index in [1.165, 1.54) is 0 Å². The van der Waals surface area contributed by atoms with Crippen molar-refractivity contribution in [1.29, 1.82) is 0 Å². The van der Waals surface area contributed by atoms with Crippen LogP contribution in [0.25, 0.3) is 0 Å². The first-order valence-corrected chi connectivity index (χ1v) is 8.36. The van der Waals surface area contributed by atoms with Crippen LogP contribution in [0.3, 0.4) is 0 Å². The molecule has 1 fully saturated rings. The van der Waals surface area contributed by atoms with Gasteiger partial charge in [0, 0.05) is 45.1 Å². The first-order chi connectivity index (χ1) is 12.3. The molecule has 8 heteroatoms. The van der Waals surface area contributed by atoms with Gasteiger partial charge in [-0.2, -0.15) is 0 Å². The van der Waals surface area contributed by atoms with Gasteiger partial charge in [-0.3, -0.25) is 14.7 Å². The Balaban J connectivity index is 1.42. The Hall–Kier alpha value is -2.58. The highest BCUT2D eigenvalue weighted by molar-refractivity contribution is 5.92. The highest BCUT2D eigenvalue weighted by Crippen LogP contribution is 2.05. The van der Waals surface area contributed by atoms with Crippen molar-refractivity contribution in [2.75, 3.05) is 44.7 Å². The van der Waals surface area contributed by atoms with E-state index in [-0.39, 0.29) is 5.91 Å². The van der Waals surface area contributed by atoms with E-state index in [9.17, 15) is 4.79 Å². The molecule has 3 rings (SSSR count). The third-order valence-corrected chi connectivity index (χ3v) is 3.94. The molecule has 132 valence electrons. The summed E-state index contributed by atoms with van der Waals surface area (Å²) in [7, 11) is 0. The van der Waals surface area contributed by atoms with Crippen LogP contribution in [0.4, 0.5) is 5.82 Å². The number of nitrogens with zero attached hydrogens (tertiary/aromatic N) is 4. The molecule has 0 radical (unpaired) electrons. The molecule has 0 atom stereocenters. The van der Waals surface area contributed by atoms with Crippen molar-refractivity contribution >= 4 is 11.7 Å². The number of hydrogen-bond donors (Lipinski definition) is 2. The molecule has 0 unspecified atom stereocenters. The molecule has 0 saturated carbocycles. The molecule has 3 heterocycles. The van der Waals surface area contributed by atoms with Crippen LogP contribution in [-0.2, 0) is 11.3 Å². The number of morpholine rings is 1. The van der Waals surface area contributed by atoms with Crippen LogP contribution in [0.2, 0.25) is 0 Å². The van der Waals surface area contributed by atoms with Gasteiger partial charge in [0.05, 0.1) is 13.2 Å². The molecule has 0 aliphatic carbocycles. The zero-order chi connectivity index (χ0) is 17.3. The quantitative estimate of drug-likeness (QED) is 0.759. The van der Waals surface area contributed by atoms with Crippen molar-refractivity contribution in [1.82, 2.24) is 25.4 Å². The maximum atomic E-state index is 12.1. The third kappa shape index (κ3) is 5.47. The summed E-state index contributed by atoms with van der Waals surface area (Å²) in [5.41, 5.74) is 1.41. The van der Waals surface area contributed by atoms with Crippen LogP contribution in [0.15, 0.2) is 36.7 Å². The maximum absolute atomic E-state index is 12.1. The Morgan fingerprint density at radius 3 is 2.64 bits per heavy atom. The Bertz CT molecular complexity index is 659. The van der Waals surface area contributed by atoms with Crippen molar-refractivity contribution in [3.05, 3.63) is 47.9 Å². The number of anilines is 1. The molecule has 0 bridgehead atoms. The first kappa shape index (κ1) is 17.2. The van der Waals surface area contributed by atoms with Gasteiger partial charge in [-0.15, -0.1) is 10.2 Å². The average molecular weight is 342 g/mol. The van der Waals surface area contributed by atoms with Crippen molar-refractivity contribution in [3.63, 3.8) is 0 Å².